The third-order valence-corrected chi connectivity index (χ3v) is 4.29. The molecular weight excluding hydrogens is 312 g/mol. The van der Waals surface area contributed by atoms with E-state index in [0.29, 0.717) is 12.1 Å². The molecule has 0 fully saturated rings. The van der Waals surface area contributed by atoms with Crippen molar-refractivity contribution >= 4 is 16.8 Å². The molecule has 0 aliphatic rings. The van der Waals surface area contributed by atoms with Crippen LogP contribution in [-0.4, -0.2) is 17.0 Å². The van der Waals surface area contributed by atoms with Crippen molar-refractivity contribution < 1.29 is 4.79 Å². The van der Waals surface area contributed by atoms with Gasteiger partial charge in [0, 0.05) is 12.1 Å². The van der Waals surface area contributed by atoms with Crippen LogP contribution in [0.15, 0.2) is 65.5 Å². The Labute approximate surface area is 147 Å². The number of amides is 1. The zero-order valence-corrected chi connectivity index (χ0v) is 14.4. The summed E-state index contributed by atoms with van der Waals surface area (Å²) < 4.78 is 1.55. The number of nitrogens with one attached hydrogen (secondary N) is 1. The molecule has 1 heterocycles. The van der Waals surface area contributed by atoms with E-state index >= 15 is 0 Å². The van der Waals surface area contributed by atoms with E-state index in [0.717, 1.165) is 23.7 Å². The number of carbonyl (C=O) groups excluding carboxylic acids is 1. The van der Waals surface area contributed by atoms with Gasteiger partial charge in [0.15, 0.2) is 0 Å². The number of aryl methyl sites for hydroxylation is 2. The fourth-order valence-corrected chi connectivity index (χ4v) is 2.99. The van der Waals surface area contributed by atoms with Gasteiger partial charge in [-0.15, -0.1) is 0 Å². The summed E-state index contributed by atoms with van der Waals surface area (Å²) in [6.45, 7) is 2.43. The number of hydrogen-bond donors (Lipinski definition) is 1. The largest absolute Gasteiger partial charge is 0.355 e. The number of aromatic nitrogens is 1. The predicted octanol–water partition coefficient (Wildman–Crippen LogP) is 3.06. The van der Waals surface area contributed by atoms with Gasteiger partial charge in [0.25, 0.3) is 5.56 Å². The molecule has 0 aliphatic heterocycles. The second-order valence-corrected chi connectivity index (χ2v) is 6.22. The van der Waals surface area contributed by atoms with E-state index < -0.39 is 0 Å². The standard InChI is InChI=1S/C21H22N2O2/c1-16-14-18-11-5-6-12-19(18)23(21(16)25)15-20(24)22-13-7-10-17-8-3-2-4-9-17/h2-6,8-9,11-12,14H,7,10,13,15H2,1H3,(H,22,24). The lowest BCUT2D eigenvalue weighted by atomic mass is 10.1. The molecule has 4 nitrogen and oxygen atoms in total. The summed E-state index contributed by atoms with van der Waals surface area (Å²) in [6, 6.07) is 19.7. The molecule has 0 radical (unpaired) electrons. The van der Waals surface area contributed by atoms with Gasteiger partial charge in [-0.25, -0.2) is 0 Å². The zero-order valence-electron chi connectivity index (χ0n) is 14.4. The Balaban J connectivity index is 1.62. The fraction of sp³-hybridized carbons (Fsp3) is 0.238. The van der Waals surface area contributed by atoms with Gasteiger partial charge in [-0.05, 0) is 42.8 Å². The first-order valence-electron chi connectivity index (χ1n) is 8.55. The van der Waals surface area contributed by atoms with Crippen molar-refractivity contribution in [1.29, 1.82) is 0 Å². The van der Waals surface area contributed by atoms with Crippen LogP contribution in [0.2, 0.25) is 0 Å². The van der Waals surface area contributed by atoms with Gasteiger partial charge in [-0.3, -0.25) is 14.2 Å². The monoisotopic (exact) mass is 334 g/mol. The lowest BCUT2D eigenvalue weighted by molar-refractivity contribution is -0.121. The quantitative estimate of drug-likeness (QED) is 0.705. The number of para-hydroxylation sites is 1. The smallest absolute Gasteiger partial charge is 0.254 e. The van der Waals surface area contributed by atoms with Crippen LogP contribution in [0.25, 0.3) is 10.9 Å². The van der Waals surface area contributed by atoms with Crippen molar-refractivity contribution in [3.63, 3.8) is 0 Å². The fourth-order valence-electron chi connectivity index (χ4n) is 2.99. The molecule has 25 heavy (non-hydrogen) atoms. The molecule has 0 spiro atoms. The highest BCUT2D eigenvalue weighted by Gasteiger charge is 2.10. The molecule has 0 atom stereocenters. The summed E-state index contributed by atoms with van der Waals surface area (Å²) >= 11 is 0. The summed E-state index contributed by atoms with van der Waals surface area (Å²) in [7, 11) is 0. The second-order valence-electron chi connectivity index (χ2n) is 6.22. The van der Waals surface area contributed by atoms with E-state index in [4.69, 9.17) is 0 Å². The minimum atomic E-state index is -0.133. The maximum atomic E-state index is 12.4. The van der Waals surface area contributed by atoms with Crippen molar-refractivity contribution in [3.05, 3.63) is 82.1 Å². The van der Waals surface area contributed by atoms with Gasteiger partial charge < -0.3 is 5.32 Å². The first-order chi connectivity index (χ1) is 12.1. The number of pyridine rings is 1. The molecule has 0 aliphatic carbocycles. The summed E-state index contributed by atoms with van der Waals surface area (Å²) in [5.74, 6) is -0.133. The Hall–Kier alpha value is -2.88. The van der Waals surface area contributed by atoms with Crippen LogP contribution >= 0.6 is 0 Å². The molecule has 0 bridgehead atoms. The Morgan fingerprint density at radius 2 is 1.76 bits per heavy atom. The van der Waals surface area contributed by atoms with E-state index in [9.17, 15) is 9.59 Å². The van der Waals surface area contributed by atoms with Gasteiger partial charge in [0.1, 0.15) is 6.54 Å². The highest BCUT2D eigenvalue weighted by atomic mass is 16.2. The van der Waals surface area contributed by atoms with Crippen LogP contribution in [0.5, 0.6) is 0 Å². The highest BCUT2D eigenvalue weighted by molar-refractivity contribution is 5.82. The van der Waals surface area contributed by atoms with E-state index in [1.807, 2.05) is 48.5 Å². The van der Waals surface area contributed by atoms with Crippen LogP contribution in [0, 0.1) is 6.92 Å². The van der Waals surface area contributed by atoms with Crippen molar-refractivity contribution in [2.45, 2.75) is 26.3 Å². The number of benzene rings is 2. The van der Waals surface area contributed by atoms with Crippen LogP contribution in [0.1, 0.15) is 17.5 Å². The molecule has 3 aromatic rings. The average molecular weight is 334 g/mol. The third-order valence-electron chi connectivity index (χ3n) is 4.29. The molecule has 1 amide bonds. The molecule has 128 valence electrons. The Bertz CT molecular complexity index is 930. The average Bonchev–Trinajstić information content (AvgIpc) is 2.63. The number of hydrogen-bond acceptors (Lipinski definition) is 2. The lowest BCUT2D eigenvalue weighted by Crippen LogP contribution is -2.33. The SMILES string of the molecule is Cc1cc2ccccc2n(CC(=O)NCCCc2ccccc2)c1=O. The molecule has 0 unspecified atom stereocenters. The molecule has 3 rings (SSSR count). The topological polar surface area (TPSA) is 51.1 Å². The highest BCUT2D eigenvalue weighted by Crippen LogP contribution is 2.12. The summed E-state index contributed by atoms with van der Waals surface area (Å²) in [5.41, 5.74) is 2.59. The summed E-state index contributed by atoms with van der Waals surface area (Å²) in [5, 5.41) is 3.88. The molecule has 4 heteroatoms. The Morgan fingerprint density at radius 3 is 2.56 bits per heavy atom. The number of carbonyl (C=O) groups is 1. The normalized spacial score (nSPS) is 10.8. The van der Waals surface area contributed by atoms with E-state index in [1.165, 1.54) is 5.56 Å². The minimum Gasteiger partial charge on any atom is -0.355 e. The maximum Gasteiger partial charge on any atom is 0.254 e. The van der Waals surface area contributed by atoms with Crippen LogP contribution in [0.4, 0.5) is 0 Å². The zero-order chi connectivity index (χ0) is 17.6. The van der Waals surface area contributed by atoms with Crippen LogP contribution in [-0.2, 0) is 17.8 Å². The molecule has 0 saturated carbocycles. The van der Waals surface area contributed by atoms with E-state index in [2.05, 4.69) is 17.4 Å². The summed E-state index contributed by atoms with van der Waals surface area (Å²) in [6.07, 6.45) is 1.80. The third kappa shape index (κ3) is 4.15. The Morgan fingerprint density at radius 1 is 1.04 bits per heavy atom. The van der Waals surface area contributed by atoms with Gasteiger partial charge in [-0.1, -0.05) is 48.5 Å². The number of nitrogens with zero attached hydrogens (tertiary/aromatic N) is 1. The molecule has 1 aromatic heterocycles. The molecular formula is C21H22N2O2. The van der Waals surface area contributed by atoms with Crippen molar-refractivity contribution in [2.24, 2.45) is 0 Å². The molecule has 0 saturated heterocycles. The first kappa shape index (κ1) is 17.0. The summed E-state index contributed by atoms with van der Waals surface area (Å²) in [4.78, 5) is 24.7. The van der Waals surface area contributed by atoms with E-state index in [-0.39, 0.29) is 18.0 Å². The van der Waals surface area contributed by atoms with Gasteiger partial charge >= 0.3 is 0 Å². The molecule has 2 aromatic carbocycles. The van der Waals surface area contributed by atoms with Crippen molar-refractivity contribution in [1.82, 2.24) is 9.88 Å². The van der Waals surface area contributed by atoms with Gasteiger partial charge in [0.05, 0.1) is 5.52 Å². The lowest BCUT2D eigenvalue weighted by Gasteiger charge is -2.12. The number of rotatable bonds is 6. The van der Waals surface area contributed by atoms with E-state index in [1.54, 1.807) is 11.5 Å². The predicted molar refractivity (Wildman–Crippen MR) is 101 cm³/mol. The van der Waals surface area contributed by atoms with Gasteiger partial charge in [0.2, 0.25) is 5.91 Å². The van der Waals surface area contributed by atoms with Gasteiger partial charge in [-0.2, -0.15) is 0 Å². The second kappa shape index (κ2) is 7.79. The minimum absolute atomic E-state index is 0.0480. The number of fused-ring (bicyclic) bond motifs is 1. The first-order valence-corrected chi connectivity index (χ1v) is 8.55. The van der Waals surface area contributed by atoms with Crippen molar-refractivity contribution in [3.8, 4) is 0 Å². The Kier molecular flexibility index (Phi) is 5.29. The molecule has 1 N–H and O–H groups in total. The van der Waals surface area contributed by atoms with Crippen LogP contribution in [0.3, 0.4) is 0 Å². The maximum absolute atomic E-state index is 12.4. The van der Waals surface area contributed by atoms with Crippen LogP contribution < -0.4 is 10.9 Å². The van der Waals surface area contributed by atoms with Crippen molar-refractivity contribution in [2.75, 3.05) is 6.54 Å².